The number of rotatable bonds is 5. The molecule has 3 nitrogen and oxygen atoms in total. The minimum atomic E-state index is -0.258. The minimum Gasteiger partial charge on any atom is -0.462 e. The molecular formula is C16H21NO2. The molecule has 0 radical (unpaired) electrons. The van der Waals surface area contributed by atoms with Crippen LogP contribution >= 0.6 is 0 Å². The number of nitrogens with one attached hydrogen (secondary N) is 1. The molecule has 1 aromatic rings. The monoisotopic (exact) mass is 259 g/mol. The summed E-state index contributed by atoms with van der Waals surface area (Å²) in [6.07, 6.45) is 8.06. The summed E-state index contributed by atoms with van der Waals surface area (Å²) in [5, 5.41) is 3.41. The van der Waals surface area contributed by atoms with Crippen molar-refractivity contribution in [1.29, 1.82) is 0 Å². The molecule has 3 heteroatoms. The molecule has 0 fully saturated rings. The number of carbonyl (C=O) groups is 1. The van der Waals surface area contributed by atoms with E-state index in [0.29, 0.717) is 18.1 Å². The van der Waals surface area contributed by atoms with Crippen LogP contribution in [0.1, 0.15) is 36.5 Å². The van der Waals surface area contributed by atoms with Crippen LogP contribution in [0.3, 0.4) is 0 Å². The second kappa shape index (κ2) is 6.98. The Bertz CT molecular complexity index is 454. The molecule has 0 aliphatic heterocycles. The lowest BCUT2D eigenvalue weighted by Gasteiger charge is -2.19. The fourth-order valence-electron chi connectivity index (χ4n) is 2.27. The van der Waals surface area contributed by atoms with E-state index in [4.69, 9.17) is 4.74 Å². The molecule has 0 saturated heterocycles. The number of esters is 1. The van der Waals surface area contributed by atoms with Crippen molar-refractivity contribution in [3.63, 3.8) is 0 Å². The zero-order valence-electron chi connectivity index (χ0n) is 11.4. The van der Waals surface area contributed by atoms with E-state index in [9.17, 15) is 4.79 Å². The largest absolute Gasteiger partial charge is 0.462 e. The number of anilines is 1. The molecule has 0 bridgehead atoms. The predicted molar refractivity (Wildman–Crippen MR) is 77.4 cm³/mol. The zero-order valence-corrected chi connectivity index (χ0v) is 11.4. The SMILES string of the molecule is CCOC(=O)c1cccc(NCC2CC=CCC2)c1. The molecule has 1 aromatic carbocycles. The highest BCUT2D eigenvalue weighted by atomic mass is 16.5. The summed E-state index contributed by atoms with van der Waals surface area (Å²) in [5.74, 6) is 0.433. The molecule has 0 heterocycles. The van der Waals surface area contributed by atoms with Crippen molar-refractivity contribution in [2.24, 2.45) is 5.92 Å². The molecule has 1 unspecified atom stereocenters. The molecule has 1 aliphatic carbocycles. The van der Waals surface area contributed by atoms with Crippen LogP contribution < -0.4 is 5.32 Å². The summed E-state index contributed by atoms with van der Waals surface area (Å²) in [7, 11) is 0. The second-order valence-electron chi connectivity index (χ2n) is 4.83. The molecule has 19 heavy (non-hydrogen) atoms. The first-order chi connectivity index (χ1) is 9.29. The summed E-state index contributed by atoms with van der Waals surface area (Å²) in [4.78, 5) is 11.6. The molecule has 1 aliphatic rings. The Hall–Kier alpha value is -1.77. The maximum absolute atomic E-state index is 11.6. The lowest BCUT2D eigenvalue weighted by molar-refractivity contribution is 0.0526. The quantitative estimate of drug-likeness (QED) is 0.648. The van der Waals surface area contributed by atoms with Gasteiger partial charge in [-0.15, -0.1) is 0 Å². The van der Waals surface area contributed by atoms with E-state index in [1.165, 1.54) is 12.8 Å². The number of hydrogen-bond acceptors (Lipinski definition) is 3. The maximum atomic E-state index is 11.6. The van der Waals surface area contributed by atoms with Gasteiger partial charge in [-0.25, -0.2) is 4.79 Å². The Labute approximate surface area is 114 Å². The number of carbonyl (C=O) groups excluding carboxylic acids is 1. The van der Waals surface area contributed by atoms with Gasteiger partial charge in [0.25, 0.3) is 0 Å². The van der Waals surface area contributed by atoms with Gasteiger partial charge in [0, 0.05) is 12.2 Å². The minimum absolute atomic E-state index is 0.258. The van der Waals surface area contributed by atoms with Crippen molar-refractivity contribution in [2.75, 3.05) is 18.5 Å². The normalized spacial score (nSPS) is 18.1. The molecule has 0 amide bonds. The van der Waals surface area contributed by atoms with E-state index in [2.05, 4.69) is 17.5 Å². The van der Waals surface area contributed by atoms with Crippen LogP contribution in [0.4, 0.5) is 5.69 Å². The third-order valence-electron chi connectivity index (χ3n) is 3.35. The van der Waals surface area contributed by atoms with E-state index in [-0.39, 0.29) is 5.97 Å². The first-order valence-corrected chi connectivity index (χ1v) is 6.95. The Kier molecular flexibility index (Phi) is 5.01. The summed E-state index contributed by atoms with van der Waals surface area (Å²) in [6, 6.07) is 7.51. The van der Waals surface area contributed by atoms with Gasteiger partial charge in [-0.05, 0) is 50.3 Å². The Balaban J connectivity index is 1.91. The Morgan fingerprint density at radius 1 is 1.42 bits per heavy atom. The van der Waals surface area contributed by atoms with Crippen LogP contribution in [0, 0.1) is 5.92 Å². The van der Waals surface area contributed by atoms with E-state index < -0.39 is 0 Å². The van der Waals surface area contributed by atoms with Crippen molar-refractivity contribution >= 4 is 11.7 Å². The van der Waals surface area contributed by atoms with Gasteiger partial charge < -0.3 is 10.1 Å². The molecule has 0 saturated carbocycles. The van der Waals surface area contributed by atoms with E-state index in [1.807, 2.05) is 25.1 Å². The average Bonchev–Trinajstić information content (AvgIpc) is 2.47. The summed E-state index contributed by atoms with van der Waals surface area (Å²) in [5.41, 5.74) is 1.59. The maximum Gasteiger partial charge on any atom is 0.338 e. The van der Waals surface area contributed by atoms with Crippen molar-refractivity contribution in [1.82, 2.24) is 0 Å². The first-order valence-electron chi connectivity index (χ1n) is 6.95. The van der Waals surface area contributed by atoms with Crippen molar-refractivity contribution in [3.8, 4) is 0 Å². The molecule has 0 spiro atoms. The Morgan fingerprint density at radius 2 is 2.32 bits per heavy atom. The van der Waals surface area contributed by atoms with Gasteiger partial charge >= 0.3 is 5.97 Å². The van der Waals surface area contributed by atoms with Gasteiger partial charge in [0.1, 0.15) is 0 Å². The highest BCUT2D eigenvalue weighted by Crippen LogP contribution is 2.19. The number of ether oxygens (including phenoxy) is 1. The summed E-state index contributed by atoms with van der Waals surface area (Å²) < 4.78 is 5.00. The van der Waals surface area contributed by atoms with E-state index in [1.54, 1.807) is 6.07 Å². The smallest absolute Gasteiger partial charge is 0.338 e. The number of hydrogen-bond donors (Lipinski definition) is 1. The van der Waals surface area contributed by atoms with Gasteiger partial charge in [0.05, 0.1) is 12.2 Å². The van der Waals surface area contributed by atoms with Crippen LogP contribution in [0.25, 0.3) is 0 Å². The molecular weight excluding hydrogens is 238 g/mol. The van der Waals surface area contributed by atoms with Gasteiger partial charge in [-0.3, -0.25) is 0 Å². The molecule has 102 valence electrons. The van der Waals surface area contributed by atoms with E-state index in [0.717, 1.165) is 18.7 Å². The number of allylic oxidation sites excluding steroid dienone is 2. The molecule has 1 atom stereocenters. The van der Waals surface area contributed by atoms with Gasteiger partial charge in [-0.1, -0.05) is 18.2 Å². The highest BCUT2D eigenvalue weighted by Gasteiger charge is 2.10. The molecule has 1 N–H and O–H groups in total. The van der Waals surface area contributed by atoms with E-state index >= 15 is 0 Å². The fourth-order valence-corrected chi connectivity index (χ4v) is 2.27. The molecule has 0 aromatic heterocycles. The standard InChI is InChI=1S/C16H21NO2/c1-2-19-16(18)14-9-6-10-15(11-14)17-12-13-7-4-3-5-8-13/h3-4,6,9-11,13,17H,2,5,7-8,12H2,1H3. The van der Waals surface area contributed by atoms with Gasteiger partial charge in [0.15, 0.2) is 0 Å². The zero-order chi connectivity index (χ0) is 13.5. The first kappa shape index (κ1) is 13.7. The fraction of sp³-hybridized carbons (Fsp3) is 0.438. The van der Waals surface area contributed by atoms with Gasteiger partial charge in [-0.2, -0.15) is 0 Å². The lowest BCUT2D eigenvalue weighted by atomic mass is 9.94. The second-order valence-corrected chi connectivity index (χ2v) is 4.83. The van der Waals surface area contributed by atoms with Crippen molar-refractivity contribution in [2.45, 2.75) is 26.2 Å². The van der Waals surface area contributed by atoms with Crippen molar-refractivity contribution < 1.29 is 9.53 Å². The molecule has 2 rings (SSSR count). The lowest BCUT2D eigenvalue weighted by Crippen LogP contribution is -2.15. The number of benzene rings is 1. The van der Waals surface area contributed by atoms with Crippen LogP contribution in [0.15, 0.2) is 36.4 Å². The summed E-state index contributed by atoms with van der Waals surface area (Å²) >= 11 is 0. The average molecular weight is 259 g/mol. The summed E-state index contributed by atoms with van der Waals surface area (Å²) in [6.45, 7) is 3.18. The van der Waals surface area contributed by atoms with Crippen LogP contribution in [0.2, 0.25) is 0 Å². The Morgan fingerprint density at radius 3 is 3.05 bits per heavy atom. The van der Waals surface area contributed by atoms with Crippen LogP contribution in [0.5, 0.6) is 0 Å². The topological polar surface area (TPSA) is 38.3 Å². The third kappa shape index (κ3) is 4.12. The van der Waals surface area contributed by atoms with Crippen LogP contribution in [-0.2, 0) is 4.74 Å². The van der Waals surface area contributed by atoms with Crippen LogP contribution in [-0.4, -0.2) is 19.1 Å². The predicted octanol–water partition coefficient (Wildman–Crippen LogP) is 3.63. The van der Waals surface area contributed by atoms with Gasteiger partial charge in [0.2, 0.25) is 0 Å². The highest BCUT2D eigenvalue weighted by molar-refractivity contribution is 5.90. The third-order valence-corrected chi connectivity index (χ3v) is 3.35. The van der Waals surface area contributed by atoms with Crippen molar-refractivity contribution in [3.05, 3.63) is 42.0 Å².